The largest absolute Gasteiger partial charge is 0.341 e. The lowest BCUT2D eigenvalue weighted by Crippen LogP contribution is -1.91. The summed E-state index contributed by atoms with van der Waals surface area (Å²) in [7, 11) is 5.20. The molecule has 1 aromatic rings. The zero-order valence-corrected chi connectivity index (χ0v) is 8.22. The van der Waals surface area contributed by atoms with E-state index < -0.39 is 0 Å². The normalized spacial score (nSPS) is 9.50. The van der Waals surface area contributed by atoms with Crippen molar-refractivity contribution < 1.29 is 0 Å². The molecule has 0 spiro atoms. The number of benzene rings is 1. The minimum absolute atomic E-state index is 1.22. The van der Waals surface area contributed by atoms with E-state index in [2.05, 4.69) is 37.8 Å². The highest BCUT2D eigenvalue weighted by Gasteiger charge is 1.95. The highest BCUT2D eigenvalue weighted by molar-refractivity contribution is 7.39. The summed E-state index contributed by atoms with van der Waals surface area (Å²) in [5, 5.41) is 0. The monoisotopic (exact) mass is 171 g/mol. The molecule has 2 unspecified atom stereocenters. The highest BCUT2D eigenvalue weighted by Crippen LogP contribution is 2.25. The Labute approximate surface area is 66.3 Å². The van der Waals surface area contributed by atoms with Crippen molar-refractivity contribution >= 4 is 24.5 Å². The van der Waals surface area contributed by atoms with Crippen molar-refractivity contribution in [2.24, 2.45) is 0 Å². The molecular formula is C7H11NP2. The van der Waals surface area contributed by atoms with Crippen LogP contribution in [0.2, 0.25) is 0 Å². The lowest BCUT2D eigenvalue weighted by molar-refractivity contribution is 1.44. The van der Waals surface area contributed by atoms with Crippen LogP contribution in [0.25, 0.3) is 0 Å². The number of hydrogen-bond donors (Lipinski definition) is 0. The molecular weight excluding hydrogens is 160 g/mol. The van der Waals surface area contributed by atoms with Gasteiger partial charge >= 0.3 is 0 Å². The zero-order valence-electron chi connectivity index (χ0n) is 5.91. The quantitative estimate of drug-likeness (QED) is 0.586. The van der Waals surface area contributed by atoms with Gasteiger partial charge in [-0.05, 0) is 37.3 Å². The molecule has 54 valence electrons. The zero-order chi connectivity index (χ0) is 7.56. The van der Waals surface area contributed by atoms with E-state index in [4.69, 9.17) is 0 Å². The van der Waals surface area contributed by atoms with E-state index in [-0.39, 0.29) is 0 Å². The second-order valence-electron chi connectivity index (χ2n) is 2.19. The van der Waals surface area contributed by atoms with Crippen LogP contribution in [-0.2, 0) is 0 Å². The summed E-state index contributed by atoms with van der Waals surface area (Å²) in [6.07, 6.45) is 0. The van der Waals surface area contributed by atoms with Gasteiger partial charge in [0.15, 0.2) is 0 Å². The molecule has 10 heavy (non-hydrogen) atoms. The van der Waals surface area contributed by atoms with Gasteiger partial charge in [-0.15, -0.1) is 0 Å². The van der Waals surface area contributed by atoms with Crippen LogP contribution in [0.3, 0.4) is 0 Å². The Morgan fingerprint density at radius 2 is 1.80 bits per heavy atom. The van der Waals surface area contributed by atoms with Crippen molar-refractivity contribution in [1.82, 2.24) is 0 Å². The molecule has 0 saturated carbocycles. The van der Waals surface area contributed by atoms with Crippen LogP contribution >= 0.6 is 18.8 Å². The lowest BCUT2D eigenvalue weighted by Gasteiger charge is -2.13. The van der Waals surface area contributed by atoms with Crippen LogP contribution in [0.5, 0.6) is 0 Å². The summed E-state index contributed by atoms with van der Waals surface area (Å²) < 4.78 is 1.95. The molecule has 0 radical (unpaired) electrons. The Morgan fingerprint density at radius 3 is 2.20 bits per heavy atom. The average Bonchev–Trinajstić information content (AvgIpc) is 1.88. The smallest absolute Gasteiger partial charge is 0.0452 e. The second kappa shape index (κ2) is 3.32. The number of anilines is 1. The van der Waals surface area contributed by atoms with E-state index in [9.17, 15) is 0 Å². The fraction of sp³-hybridized carbons (Fsp3) is 0.143. The van der Waals surface area contributed by atoms with Gasteiger partial charge in [0.1, 0.15) is 0 Å². The molecule has 0 bridgehead atoms. The molecule has 0 aliphatic rings. The molecule has 1 rings (SSSR count). The Morgan fingerprint density at radius 1 is 1.20 bits per heavy atom. The molecule has 0 aliphatic heterocycles. The molecule has 0 aromatic heterocycles. The Bertz CT molecular complexity index is 223. The van der Waals surface area contributed by atoms with Crippen molar-refractivity contribution in [2.75, 3.05) is 4.44 Å². The van der Waals surface area contributed by atoms with Crippen molar-refractivity contribution in [2.45, 2.75) is 6.92 Å². The van der Waals surface area contributed by atoms with E-state index in [0.717, 1.165) is 0 Å². The molecule has 2 atom stereocenters. The van der Waals surface area contributed by atoms with E-state index in [0.29, 0.717) is 0 Å². The van der Waals surface area contributed by atoms with Crippen LogP contribution in [0.1, 0.15) is 5.56 Å². The molecule has 3 heteroatoms. The third-order valence-electron chi connectivity index (χ3n) is 1.39. The average molecular weight is 171 g/mol. The number of nitrogens with zero attached hydrogens (tertiary/aromatic N) is 1. The van der Waals surface area contributed by atoms with Gasteiger partial charge in [0.25, 0.3) is 0 Å². The SMILES string of the molecule is Cc1ccccc1N(P)P. The van der Waals surface area contributed by atoms with E-state index in [1.165, 1.54) is 11.3 Å². The van der Waals surface area contributed by atoms with Crippen molar-refractivity contribution in [3.05, 3.63) is 29.8 Å². The van der Waals surface area contributed by atoms with Gasteiger partial charge in [-0.2, -0.15) is 0 Å². The van der Waals surface area contributed by atoms with Gasteiger partial charge in [0.2, 0.25) is 0 Å². The first-order valence-electron chi connectivity index (χ1n) is 3.07. The van der Waals surface area contributed by atoms with Gasteiger partial charge in [0.05, 0.1) is 0 Å². The van der Waals surface area contributed by atoms with Crippen LogP contribution in [0.15, 0.2) is 24.3 Å². The molecule has 1 nitrogen and oxygen atoms in total. The topological polar surface area (TPSA) is 3.24 Å². The van der Waals surface area contributed by atoms with Crippen LogP contribution in [-0.4, -0.2) is 0 Å². The maximum absolute atomic E-state index is 2.60. The summed E-state index contributed by atoms with van der Waals surface area (Å²) >= 11 is 0. The maximum atomic E-state index is 2.60. The summed E-state index contributed by atoms with van der Waals surface area (Å²) in [5.41, 5.74) is 2.50. The number of rotatable bonds is 1. The number of aryl methyl sites for hydroxylation is 1. The highest BCUT2D eigenvalue weighted by atomic mass is 31.1. The van der Waals surface area contributed by atoms with Crippen LogP contribution < -0.4 is 4.44 Å². The first-order chi connectivity index (χ1) is 4.72. The van der Waals surface area contributed by atoms with Crippen molar-refractivity contribution in [1.29, 1.82) is 0 Å². The van der Waals surface area contributed by atoms with Crippen LogP contribution in [0, 0.1) is 6.92 Å². The van der Waals surface area contributed by atoms with E-state index >= 15 is 0 Å². The predicted molar refractivity (Wildman–Crippen MR) is 53.1 cm³/mol. The summed E-state index contributed by atoms with van der Waals surface area (Å²) in [6, 6.07) is 8.24. The summed E-state index contributed by atoms with van der Waals surface area (Å²) in [6.45, 7) is 2.09. The van der Waals surface area contributed by atoms with Gasteiger partial charge in [-0.25, -0.2) is 0 Å². The Kier molecular flexibility index (Phi) is 2.65. The van der Waals surface area contributed by atoms with E-state index in [1.807, 2.05) is 16.6 Å². The maximum Gasteiger partial charge on any atom is 0.0452 e. The Balaban J connectivity index is 3.03. The molecule has 1 aromatic carbocycles. The van der Waals surface area contributed by atoms with Gasteiger partial charge in [0, 0.05) is 5.69 Å². The minimum atomic E-state index is 1.22. The molecule has 0 fully saturated rings. The van der Waals surface area contributed by atoms with E-state index in [1.54, 1.807) is 0 Å². The second-order valence-corrected chi connectivity index (χ2v) is 3.90. The predicted octanol–water partition coefficient (Wildman–Crippen LogP) is 2.38. The van der Waals surface area contributed by atoms with Crippen molar-refractivity contribution in [3.63, 3.8) is 0 Å². The summed E-state index contributed by atoms with van der Waals surface area (Å²) in [5.74, 6) is 0. The number of para-hydroxylation sites is 1. The third-order valence-corrected chi connectivity index (χ3v) is 1.95. The third kappa shape index (κ3) is 1.68. The minimum Gasteiger partial charge on any atom is -0.341 e. The first-order valence-corrected chi connectivity index (χ1v) is 4.10. The molecule has 0 aliphatic carbocycles. The van der Waals surface area contributed by atoms with Gasteiger partial charge < -0.3 is 4.44 Å². The first kappa shape index (κ1) is 7.98. The Hall–Kier alpha value is -0.120. The van der Waals surface area contributed by atoms with Crippen LogP contribution in [0.4, 0.5) is 5.69 Å². The van der Waals surface area contributed by atoms with Gasteiger partial charge in [-0.3, -0.25) is 0 Å². The molecule has 0 heterocycles. The lowest BCUT2D eigenvalue weighted by atomic mass is 10.2. The molecule has 0 amide bonds. The fourth-order valence-corrected chi connectivity index (χ4v) is 1.43. The standard InChI is InChI=1S/C7H11NP2/c1-6-4-2-3-5-7(6)8(9)10/h2-5H,9-10H2,1H3. The van der Waals surface area contributed by atoms with Gasteiger partial charge in [-0.1, -0.05) is 18.2 Å². The number of hydrogen-bond acceptors (Lipinski definition) is 1. The fourth-order valence-electron chi connectivity index (χ4n) is 0.853. The molecule has 0 saturated heterocycles. The summed E-state index contributed by atoms with van der Waals surface area (Å²) in [4.78, 5) is 0. The van der Waals surface area contributed by atoms with Crippen molar-refractivity contribution in [3.8, 4) is 0 Å². The molecule has 0 N–H and O–H groups in total.